The zero-order chi connectivity index (χ0) is 25.1. The second-order valence-electron chi connectivity index (χ2n) is 10.0. The average Bonchev–Trinajstić information content (AvgIpc) is 3.13. The van der Waals surface area contributed by atoms with E-state index in [1.165, 1.54) is 15.8 Å². The molecule has 0 unspecified atom stereocenters. The first kappa shape index (κ1) is 25.7. The predicted molar refractivity (Wildman–Crippen MR) is 143 cm³/mol. The van der Waals surface area contributed by atoms with Gasteiger partial charge in [-0.3, -0.25) is 0 Å². The van der Waals surface area contributed by atoms with E-state index in [1.807, 2.05) is 12.1 Å². The summed E-state index contributed by atoms with van der Waals surface area (Å²) in [4.78, 5) is 3.43. The van der Waals surface area contributed by atoms with Gasteiger partial charge >= 0.3 is 0 Å². The van der Waals surface area contributed by atoms with Crippen molar-refractivity contribution >= 4 is 44.5 Å². The van der Waals surface area contributed by atoms with E-state index < -0.39 is 10.1 Å². The molecule has 8 heteroatoms. The lowest BCUT2D eigenvalue weighted by atomic mass is 10.1. The predicted octanol–water partition coefficient (Wildman–Crippen LogP) is 4.46. The Morgan fingerprint density at radius 2 is 1.74 bits per heavy atom. The van der Waals surface area contributed by atoms with Gasteiger partial charge in [-0.15, -0.1) is 0 Å². The van der Waals surface area contributed by atoms with Crippen LogP contribution in [-0.2, 0) is 16.7 Å². The minimum absolute atomic E-state index is 0.313. The van der Waals surface area contributed by atoms with Crippen molar-refractivity contribution in [3.8, 4) is 0 Å². The molecule has 0 amide bonds. The van der Waals surface area contributed by atoms with Crippen LogP contribution in [0.4, 0.5) is 5.69 Å². The lowest BCUT2D eigenvalue weighted by molar-refractivity contribution is -0.873. The minimum Gasteiger partial charge on any atom is -0.748 e. The van der Waals surface area contributed by atoms with Crippen molar-refractivity contribution in [3.05, 3.63) is 71.4 Å². The van der Waals surface area contributed by atoms with Gasteiger partial charge in [-0.25, -0.2) is 8.42 Å². The summed E-state index contributed by atoms with van der Waals surface area (Å²) < 4.78 is 36.3. The van der Waals surface area contributed by atoms with E-state index in [4.69, 9.17) is 0 Å². The van der Waals surface area contributed by atoms with Gasteiger partial charge in [0.1, 0.15) is 0 Å². The highest BCUT2D eigenvalue weighted by Crippen LogP contribution is 2.46. The van der Waals surface area contributed by atoms with E-state index in [2.05, 4.69) is 85.3 Å². The first-order chi connectivity index (χ1) is 16.6. The van der Waals surface area contributed by atoms with Gasteiger partial charge in [0.15, 0.2) is 12.7 Å². The van der Waals surface area contributed by atoms with Crippen molar-refractivity contribution in [2.75, 3.05) is 44.9 Å². The van der Waals surface area contributed by atoms with Crippen LogP contribution >= 0.6 is 11.8 Å². The van der Waals surface area contributed by atoms with E-state index >= 15 is 0 Å². The molecule has 1 aliphatic heterocycles. The second-order valence-corrected chi connectivity index (χ2v) is 12.6. The average molecular weight is 513 g/mol. The maximum Gasteiger partial charge on any atom is 0.213 e. The van der Waals surface area contributed by atoms with E-state index in [-0.39, 0.29) is 5.75 Å². The number of hydrogen-bond donors (Lipinski definition) is 0. The van der Waals surface area contributed by atoms with Crippen LogP contribution in [0.2, 0.25) is 0 Å². The smallest absolute Gasteiger partial charge is 0.213 e. The summed E-state index contributed by atoms with van der Waals surface area (Å²) >= 11 is 1.73. The molecular formula is C27H34N3O3S2+. The molecule has 0 N–H and O–H groups in total. The lowest BCUT2D eigenvalue weighted by Gasteiger charge is -2.23. The molecule has 0 bridgehead atoms. The fourth-order valence-corrected chi connectivity index (χ4v) is 6.12. The number of aromatic nitrogens is 1. The monoisotopic (exact) mass is 512 g/mol. The third kappa shape index (κ3) is 6.85. The number of quaternary nitrogens is 1. The van der Waals surface area contributed by atoms with Crippen molar-refractivity contribution in [1.29, 1.82) is 0 Å². The first-order valence-corrected chi connectivity index (χ1v) is 14.4. The summed E-state index contributed by atoms with van der Waals surface area (Å²) in [5.74, 6) is -0.313. The Hall–Kier alpha value is -2.39. The second kappa shape index (κ2) is 10.7. The normalized spacial score (nSPS) is 15.2. The Bertz CT molecular complexity index is 1330. The van der Waals surface area contributed by atoms with E-state index in [0.29, 0.717) is 19.4 Å². The Balaban J connectivity index is 1.61. The van der Waals surface area contributed by atoms with Crippen LogP contribution in [0.5, 0.6) is 0 Å². The van der Waals surface area contributed by atoms with E-state index in [9.17, 15) is 13.0 Å². The van der Waals surface area contributed by atoms with Crippen molar-refractivity contribution in [1.82, 2.24) is 0 Å². The molecule has 2 heterocycles. The number of aryl methyl sites for hydroxylation is 1. The molecule has 6 nitrogen and oxygen atoms in total. The van der Waals surface area contributed by atoms with Gasteiger partial charge in [0.2, 0.25) is 5.52 Å². The molecule has 0 atom stereocenters. The van der Waals surface area contributed by atoms with Gasteiger partial charge < -0.3 is 13.9 Å². The van der Waals surface area contributed by atoms with Crippen LogP contribution in [0, 0.1) is 0 Å². The standard InChI is InChI=1S/C27H34N3O3S2/c1-30(2,3)19-10-16-28-18-15-22(23-11-4-5-12-24(23)28)21-27-29(17-8-9-20-35(31,32)33)25-13-6-7-14-26(25)34-27/h4-7,11-15,18,21H,8-10,16-17,19-20H2,1-3H3/q+1. The fraction of sp³-hybridized carbons (Fsp3) is 0.370. The maximum atomic E-state index is 11.0. The van der Waals surface area contributed by atoms with Gasteiger partial charge in [-0.05, 0) is 42.7 Å². The number of unbranched alkanes of at least 4 members (excludes halogenated alkanes) is 1. The summed E-state index contributed by atoms with van der Waals surface area (Å²) in [5.41, 5.74) is 3.51. The number of pyridine rings is 1. The van der Waals surface area contributed by atoms with Crippen LogP contribution in [0.15, 0.2) is 70.7 Å². The molecule has 0 saturated heterocycles. The summed E-state index contributed by atoms with van der Waals surface area (Å²) in [6, 6.07) is 19.0. The summed E-state index contributed by atoms with van der Waals surface area (Å²) in [6.45, 7) is 2.76. The number of rotatable bonds is 10. The fourth-order valence-electron chi connectivity index (χ4n) is 4.42. The number of hydrogen-bond acceptors (Lipinski definition) is 5. The Kier molecular flexibility index (Phi) is 7.86. The molecular weight excluding hydrogens is 478 g/mol. The van der Waals surface area contributed by atoms with E-state index in [0.717, 1.165) is 40.3 Å². The van der Waals surface area contributed by atoms with E-state index in [1.54, 1.807) is 11.8 Å². The largest absolute Gasteiger partial charge is 0.748 e. The highest BCUT2D eigenvalue weighted by molar-refractivity contribution is 8.03. The molecule has 186 valence electrons. The SMILES string of the molecule is C[N+](C)(C)CCC[n+]1ccc(/C=C2\Sc3ccccc3N2CCCCS(=O)(=O)[O-])c2ccccc21. The molecule has 0 fully saturated rings. The van der Waals surface area contributed by atoms with Gasteiger partial charge in [0, 0.05) is 29.3 Å². The van der Waals surface area contributed by atoms with Gasteiger partial charge in [0.05, 0.1) is 60.3 Å². The molecule has 3 aromatic rings. The lowest BCUT2D eigenvalue weighted by Crippen LogP contribution is -2.40. The van der Waals surface area contributed by atoms with Crippen LogP contribution in [0.1, 0.15) is 24.8 Å². The number of fused-ring (bicyclic) bond motifs is 2. The Labute approximate surface area is 213 Å². The highest BCUT2D eigenvalue weighted by Gasteiger charge is 2.25. The molecule has 1 aliphatic rings. The Morgan fingerprint density at radius 3 is 2.51 bits per heavy atom. The molecule has 2 aromatic carbocycles. The molecule has 0 saturated carbocycles. The molecule has 35 heavy (non-hydrogen) atoms. The van der Waals surface area contributed by atoms with Gasteiger partial charge in [-0.1, -0.05) is 36.0 Å². The highest BCUT2D eigenvalue weighted by atomic mass is 32.2. The molecule has 4 rings (SSSR count). The zero-order valence-electron chi connectivity index (χ0n) is 20.7. The maximum absolute atomic E-state index is 11.0. The zero-order valence-corrected chi connectivity index (χ0v) is 22.3. The summed E-state index contributed by atoms with van der Waals surface area (Å²) in [7, 11) is 2.49. The van der Waals surface area contributed by atoms with Crippen molar-refractivity contribution in [3.63, 3.8) is 0 Å². The third-order valence-corrected chi connectivity index (χ3v) is 8.03. The Morgan fingerprint density at radius 1 is 1.00 bits per heavy atom. The molecule has 1 aromatic heterocycles. The number of anilines is 1. The number of benzene rings is 2. The number of nitrogens with zero attached hydrogens (tertiary/aromatic N) is 3. The van der Waals surface area contributed by atoms with Crippen LogP contribution in [-0.4, -0.2) is 57.4 Å². The van der Waals surface area contributed by atoms with Crippen molar-refractivity contribution in [2.24, 2.45) is 0 Å². The van der Waals surface area contributed by atoms with Crippen molar-refractivity contribution < 1.29 is 22.0 Å². The first-order valence-electron chi connectivity index (χ1n) is 12.0. The summed E-state index contributed by atoms with van der Waals surface area (Å²) in [5, 5.41) is 2.32. The molecule has 0 spiro atoms. The number of para-hydroxylation sites is 2. The number of thioether (sulfide) groups is 1. The molecule has 0 aliphatic carbocycles. The van der Waals surface area contributed by atoms with Crippen molar-refractivity contribution in [2.45, 2.75) is 30.7 Å². The third-order valence-electron chi connectivity index (χ3n) is 6.13. The van der Waals surface area contributed by atoms with Gasteiger partial charge in [0.25, 0.3) is 0 Å². The van der Waals surface area contributed by atoms with Gasteiger partial charge in [-0.2, -0.15) is 4.57 Å². The topological polar surface area (TPSA) is 64.3 Å². The quantitative estimate of drug-likeness (QED) is 0.174. The summed E-state index contributed by atoms with van der Waals surface area (Å²) in [6.07, 6.45) is 6.52. The minimum atomic E-state index is -4.18. The van der Waals surface area contributed by atoms with Crippen LogP contribution in [0.25, 0.3) is 17.0 Å². The van der Waals surface area contributed by atoms with Crippen LogP contribution < -0.4 is 9.47 Å². The van der Waals surface area contributed by atoms with Crippen LogP contribution in [0.3, 0.4) is 0 Å². The molecule has 0 radical (unpaired) electrons.